The van der Waals surface area contributed by atoms with Crippen molar-refractivity contribution in [2.45, 2.75) is 40.7 Å². The van der Waals surface area contributed by atoms with Gasteiger partial charge in [-0.1, -0.05) is 18.9 Å². The molecule has 174 valence electrons. The number of nitrogens with zero attached hydrogens (tertiary/aromatic N) is 2. The van der Waals surface area contributed by atoms with Crippen LogP contribution in [0.1, 0.15) is 36.5 Å². The summed E-state index contributed by atoms with van der Waals surface area (Å²) in [7, 11) is -3.62. The third-order valence-electron chi connectivity index (χ3n) is 5.70. The van der Waals surface area contributed by atoms with E-state index >= 15 is 0 Å². The third kappa shape index (κ3) is 6.55. The van der Waals surface area contributed by atoms with Gasteiger partial charge in [0.25, 0.3) is 0 Å². The fourth-order valence-electron chi connectivity index (χ4n) is 4.07. The molecule has 2 amide bonds. The predicted molar refractivity (Wildman–Crippen MR) is 125 cm³/mol. The first kappa shape index (κ1) is 24.7. The summed E-state index contributed by atoms with van der Waals surface area (Å²) in [6, 6.07) is 11.7. The lowest BCUT2D eigenvalue weighted by atomic mass is 9.80. The van der Waals surface area contributed by atoms with Crippen LogP contribution in [0.5, 0.6) is 0 Å². The molecule has 33 heavy (non-hydrogen) atoms. The van der Waals surface area contributed by atoms with Crippen molar-refractivity contribution in [3.63, 3.8) is 0 Å². The minimum Gasteiger partial charge on any atom is -0.368 e. The minimum absolute atomic E-state index is 0.0841. The fraction of sp³-hybridized carbons (Fsp3) is 0.391. The molecule has 8 nitrogen and oxygen atoms in total. The second-order valence-corrected chi connectivity index (χ2v) is 11.2. The van der Waals surface area contributed by atoms with Crippen LogP contribution in [0.3, 0.4) is 0 Å². The molecular weight excluding hydrogens is 460 g/mol. The van der Waals surface area contributed by atoms with Gasteiger partial charge in [-0.05, 0) is 54.7 Å². The van der Waals surface area contributed by atoms with E-state index in [1.54, 1.807) is 36.7 Å². The molecular formula is C23H26N4O4S2. The van der Waals surface area contributed by atoms with Crippen LogP contribution in [-0.4, -0.2) is 37.5 Å². The SMILES string of the molecule is N#CCNC(=O)[C@H]1CCCC[C@@H]1CS(=O)(=O)c1ccc(SC(C(N)=O)c2cccnc2)cc1. The van der Waals surface area contributed by atoms with Gasteiger partial charge in [0.05, 0.1) is 16.7 Å². The number of pyridine rings is 1. The number of thioether (sulfide) groups is 1. The molecule has 0 bridgehead atoms. The summed E-state index contributed by atoms with van der Waals surface area (Å²) in [6.45, 7) is -0.0841. The van der Waals surface area contributed by atoms with E-state index in [9.17, 15) is 18.0 Å². The quantitative estimate of drug-likeness (QED) is 0.410. The average molecular weight is 487 g/mol. The van der Waals surface area contributed by atoms with Gasteiger partial charge in [0.1, 0.15) is 11.8 Å². The number of sulfone groups is 1. The number of nitrogens with two attached hydrogens (primary N) is 1. The van der Waals surface area contributed by atoms with E-state index in [4.69, 9.17) is 11.0 Å². The highest BCUT2D eigenvalue weighted by molar-refractivity contribution is 8.00. The maximum absolute atomic E-state index is 13.1. The summed E-state index contributed by atoms with van der Waals surface area (Å²) in [5, 5.41) is 10.6. The van der Waals surface area contributed by atoms with Crippen molar-refractivity contribution >= 4 is 33.4 Å². The molecule has 1 aromatic carbocycles. The Bertz CT molecular complexity index is 1120. The molecule has 1 unspecified atom stereocenters. The van der Waals surface area contributed by atoms with Gasteiger partial charge in [-0.25, -0.2) is 8.42 Å². The molecule has 1 aliphatic carbocycles. The molecule has 0 saturated heterocycles. The van der Waals surface area contributed by atoms with Crippen LogP contribution in [0.4, 0.5) is 0 Å². The summed E-state index contributed by atoms with van der Waals surface area (Å²) in [6.07, 6.45) is 6.20. The molecule has 0 aliphatic heterocycles. The first-order valence-corrected chi connectivity index (χ1v) is 13.2. The molecule has 0 radical (unpaired) electrons. The van der Waals surface area contributed by atoms with E-state index in [1.165, 1.54) is 23.9 Å². The van der Waals surface area contributed by atoms with Gasteiger partial charge in [-0.2, -0.15) is 5.26 Å². The summed E-state index contributed by atoms with van der Waals surface area (Å²) in [5.41, 5.74) is 6.22. The van der Waals surface area contributed by atoms with E-state index in [1.807, 2.05) is 6.07 Å². The van der Waals surface area contributed by atoms with Crippen LogP contribution >= 0.6 is 11.8 Å². The van der Waals surface area contributed by atoms with Crippen molar-refractivity contribution in [1.29, 1.82) is 5.26 Å². The lowest BCUT2D eigenvalue weighted by Crippen LogP contribution is -2.39. The van der Waals surface area contributed by atoms with Crippen LogP contribution in [-0.2, 0) is 19.4 Å². The topological polar surface area (TPSA) is 143 Å². The van der Waals surface area contributed by atoms with Gasteiger partial charge in [0.15, 0.2) is 9.84 Å². The normalized spacial score (nSPS) is 19.2. The van der Waals surface area contributed by atoms with Gasteiger partial charge in [0.2, 0.25) is 11.8 Å². The smallest absolute Gasteiger partial charge is 0.235 e. The lowest BCUT2D eigenvalue weighted by Gasteiger charge is -2.30. The number of carbonyl (C=O) groups excluding carboxylic acids is 2. The molecule has 2 aromatic rings. The molecule has 10 heteroatoms. The highest BCUT2D eigenvalue weighted by atomic mass is 32.2. The second kappa shape index (κ2) is 11.3. The Labute approximate surface area is 197 Å². The number of primary amides is 1. The van der Waals surface area contributed by atoms with Crippen molar-refractivity contribution in [3.05, 3.63) is 54.4 Å². The zero-order chi connectivity index (χ0) is 23.8. The largest absolute Gasteiger partial charge is 0.368 e. The molecule has 1 fully saturated rings. The molecule has 1 saturated carbocycles. The first-order chi connectivity index (χ1) is 15.8. The standard InChI is InChI=1S/C23H26N4O4S2/c24-11-13-27-23(29)20-6-2-1-4-17(20)15-33(30,31)19-9-7-18(8-10-19)32-21(22(25)28)16-5-3-12-26-14-16/h3,5,7-10,12,14,17,20-21H,1-2,4,6,13,15H2,(H2,25,28)(H,27,29)/t17-,20+,21?/m1/s1. The number of amides is 2. The number of hydrogen-bond donors (Lipinski definition) is 2. The van der Waals surface area contributed by atoms with Crippen LogP contribution < -0.4 is 11.1 Å². The lowest BCUT2D eigenvalue weighted by molar-refractivity contribution is -0.127. The van der Waals surface area contributed by atoms with Crippen LogP contribution in [0.2, 0.25) is 0 Å². The van der Waals surface area contributed by atoms with Gasteiger partial charge < -0.3 is 11.1 Å². The number of nitrogens with one attached hydrogen (secondary N) is 1. The van der Waals surface area contributed by atoms with Gasteiger partial charge >= 0.3 is 0 Å². The van der Waals surface area contributed by atoms with Gasteiger partial charge in [0, 0.05) is 23.2 Å². The number of rotatable bonds is 9. The predicted octanol–water partition coefficient (Wildman–Crippen LogP) is 2.62. The molecule has 0 spiro atoms. The molecule has 1 aliphatic rings. The highest BCUT2D eigenvalue weighted by Crippen LogP contribution is 2.36. The Hall–Kier alpha value is -2.90. The molecule has 1 aromatic heterocycles. The van der Waals surface area contributed by atoms with Crippen molar-refractivity contribution in [2.75, 3.05) is 12.3 Å². The van der Waals surface area contributed by atoms with Crippen LogP contribution in [0, 0.1) is 23.2 Å². The summed E-state index contributed by atoms with van der Waals surface area (Å²) >= 11 is 1.23. The summed E-state index contributed by atoms with van der Waals surface area (Å²) in [4.78, 5) is 29.2. The number of nitriles is 1. The van der Waals surface area contributed by atoms with Gasteiger partial charge in [-0.15, -0.1) is 11.8 Å². The Balaban J connectivity index is 1.71. The van der Waals surface area contributed by atoms with Crippen molar-refractivity contribution in [2.24, 2.45) is 17.6 Å². The first-order valence-electron chi connectivity index (χ1n) is 10.6. The summed E-state index contributed by atoms with van der Waals surface area (Å²) in [5.74, 6) is -1.59. The number of aromatic nitrogens is 1. The fourth-order valence-corrected chi connectivity index (χ4v) is 6.73. The Morgan fingerprint density at radius 2 is 1.94 bits per heavy atom. The third-order valence-corrected chi connectivity index (χ3v) is 8.85. The highest BCUT2D eigenvalue weighted by Gasteiger charge is 2.34. The van der Waals surface area contributed by atoms with E-state index in [0.717, 1.165) is 12.8 Å². The molecule has 3 rings (SSSR count). The zero-order valence-corrected chi connectivity index (χ0v) is 19.6. The number of benzene rings is 1. The van der Waals surface area contributed by atoms with Gasteiger partial charge in [-0.3, -0.25) is 14.6 Å². The van der Waals surface area contributed by atoms with Crippen molar-refractivity contribution < 1.29 is 18.0 Å². The Morgan fingerprint density at radius 3 is 2.58 bits per heavy atom. The van der Waals surface area contributed by atoms with E-state index < -0.39 is 26.9 Å². The van der Waals surface area contributed by atoms with Crippen molar-refractivity contribution in [3.8, 4) is 6.07 Å². The van der Waals surface area contributed by atoms with E-state index in [0.29, 0.717) is 23.3 Å². The molecule has 1 heterocycles. The molecule has 3 atom stereocenters. The minimum atomic E-state index is -3.62. The van der Waals surface area contributed by atoms with E-state index in [-0.39, 0.29) is 29.0 Å². The van der Waals surface area contributed by atoms with Crippen molar-refractivity contribution in [1.82, 2.24) is 10.3 Å². The maximum Gasteiger partial charge on any atom is 0.235 e. The Morgan fingerprint density at radius 1 is 1.21 bits per heavy atom. The Kier molecular flexibility index (Phi) is 8.47. The number of carbonyl (C=O) groups is 2. The second-order valence-electron chi connectivity index (χ2n) is 7.97. The maximum atomic E-state index is 13.1. The number of hydrogen-bond acceptors (Lipinski definition) is 7. The van der Waals surface area contributed by atoms with Crippen LogP contribution in [0.15, 0.2) is 58.6 Å². The zero-order valence-electron chi connectivity index (χ0n) is 18.0. The molecule has 3 N–H and O–H groups in total. The average Bonchev–Trinajstić information content (AvgIpc) is 2.81. The monoisotopic (exact) mass is 486 g/mol. The van der Waals surface area contributed by atoms with E-state index in [2.05, 4.69) is 10.3 Å². The van der Waals surface area contributed by atoms with Crippen LogP contribution in [0.25, 0.3) is 0 Å². The summed E-state index contributed by atoms with van der Waals surface area (Å²) < 4.78 is 26.1.